The molecule has 5 aromatic carbocycles. The number of rotatable bonds is 16. The SMILES string of the molecule is O=C(Nc1ccn([C@@H]2O[C@H](COCc3ccccc3)[C@@H](OCc3ccccc3)[C@H](OCc3ccccc3)[C@@H](OCc3ccccc3)C2(F)F)c(=O)n1)c1ccccc1. The van der Waals surface area contributed by atoms with Crippen molar-refractivity contribution in [2.24, 2.45) is 0 Å². The lowest BCUT2D eigenvalue weighted by Crippen LogP contribution is -2.54. The lowest BCUT2D eigenvalue weighted by molar-refractivity contribution is -0.252. The highest BCUT2D eigenvalue weighted by Crippen LogP contribution is 2.43. The van der Waals surface area contributed by atoms with E-state index < -0.39 is 48.2 Å². The van der Waals surface area contributed by atoms with E-state index in [0.29, 0.717) is 15.7 Å². The Morgan fingerprint density at radius 3 is 1.62 bits per heavy atom. The second-order valence-corrected chi connectivity index (χ2v) is 13.8. The number of amides is 1. The molecule has 2 heterocycles. The Morgan fingerprint density at radius 2 is 1.10 bits per heavy atom. The van der Waals surface area contributed by atoms with Crippen molar-refractivity contribution in [3.8, 4) is 0 Å². The predicted molar refractivity (Wildman–Crippen MR) is 213 cm³/mol. The lowest BCUT2D eigenvalue weighted by Gasteiger charge is -2.36. The second-order valence-electron chi connectivity index (χ2n) is 13.8. The fraction of sp³-hybridized carbons (Fsp3) is 0.239. The van der Waals surface area contributed by atoms with Crippen LogP contribution in [0.25, 0.3) is 0 Å². The number of anilines is 1. The van der Waals surface area contributed by atoms with Crippen LogP contribution < -0.4 is 11.0 Å². The van der Waals surface area contributed by atoms with Crippen molar-refractivity contribution in [2.75, 3.05) is 11.9 Å². The summed E-state index contributed by atoms with van der Waals surface area (Å²) >= 11 is 0. The molecule has 1 aliphatic heterocycles. The third-order valence-electron chi connectivity index (χ3n) is 9.60. The maximum atomic E-state index is 17.7. The molecule has 298 valence electrons. The third kappa shape index (κ3) is 10.3. The second kappa shape index (κ2) is 19.5. The number of halogens is 2. The Labute approximate surface area is 335 Å². The van der Waals surface area contributed by atoms with Crippen LogP contribution in [0, 0.1) is 0 Å². The van der Waals surface area contributed by atoms with Crippen molar-refractivity contribution in [3.63, 3.8) is 0 Å². The van der Waals surface area contributed by atoms with E-state index in [1.165, 1.54) is 6.07 Å². The molecule has 1 amide bonds. The number of nitrogens with zero attached hydrogens (tertiary/aromatic N) is 2. The van der Waals surface area contributed by atoms with E-state index in [-0.39, 0.29) is 38.9 Å². The Bertz CT molecular complexity index is 2230. The molecular weight excluding hydrogens is 745 g/mol. The molecule has 0 radical (unpaired) electrons. The molecule has 0 spiro atoms. The van der Waals surface area contributed by atoms with Crippen LogP contribution in [0.5, 0.6) is 0 Å². The fourth-order valence-corrected chi connectivity index (χ4v) is 6.65. The first-order chi connectivity index (χ1) is 28.3. The Balaban J connectivity index is 1.29. The minimum Gasteiger partial charge on any atom is -0.374 e. The summed E-state index contributed by atoms with van der Waals surface area (Å²) in [5, 5.41) is 2.56. The van der Waals surface area contributed by atoms with E-state index in [1.54, 1.807) is 54.6 Å². The lowest BCUT2D eigenvalue weighted by atomic mass is 9.98. The highest BCUT2D eigenvalue weighted by Gasteiger charge is 2.61. The molecule has 1 N–H and O–H groups in total. The number of benzene rings is 5. The van der Waals surface area contributed by atoms with Crippen LogP contribution in [0.3, 0.4) is 0 Å². The molecule has 1 saturated heterocycles. The van der Waals surface area contributed by atoms with Crippen molar-refractivity contribution in [2.45, 2.75) is 63.0 Å². The summed E-state index contributed by atoms with van der Waals surface area (Å²) in [4.78, 5) is 30.6. The number of hydrogen-bond donors (Lipinski definition) is 1. The molecule has 1 aromatic heterocycles. The van der Waals surface area contributed by atoms with Crippen LogP contribution in [0.4, 0.5) is 14.6 Å². The summed E-state index contributed by atoms with van der Waals surface area (Å²) in [7, 11) is 0. The van der Waals surface area contributed by atoms with E-state index >= 15 is 8.78 Å². The van der Waals surface area contributed by atoms with Crippen LogP contribution in [-0.4, -0.2) is 52.4 Å². The third-order valence-corrected chi connectivity index (χ3v) is 9.60. The van der Waals surface area contributed by atoms with Gasteiger partial charge in [0, 0.05) is 11.8 Å². The van der Waals surface area contributed by atoms with Gasteiger partial charge in [-0.2, -0.15) is 13.8 Å². The van der Waals surface area contributed by atoms with Crippen LogP contribution in [0.15, 0.2) is 169 Å². The van der Waals surface area contributed by atoms with Crippen LogP contribution >= 0.6 is 0 Å². The van der Waals surface area contributed by atoms with Crippen molar-refractivity contribution in [1.29, 1.82) is 0 Å². The van der Waals surface area contributed by atoms with E-state index in [4.69, 9.17) is 23.7 Å². The molecule has 1 fully saturated rings. The molecule has 7 rings (SSSR count). The number of carbonyl (C=O) groups excluding carboxylic acids is 1. The number of ether oxygens (including phenoxy) is 5. The monoisotopic (exact) mass is 787 g/mol. The van der Waals surface area contributed by atoms with E-state index in [9.17, 15) is 9.59 Å². The highest BCUT2D eigenvalue weighted by atomic mass is 19.3. The van der Waals surface area contributed by atoms with Gasteiger partial charge in [0.05, 0.1) is 33.0 Å². The molecule has 58 heavy (non-hydrogen) atoms. The number of alkyl halides is 2. The zero-order valence-corrected chi connectivity index (χ0v) is 31.5. The molecule has 12 heteroatoms. The van der Waals surface area contributed by atoms with Crippen LogP contribution in [0.1, 0.15) is 38.8 Å². The first-order valence-electron chi connectivity index (χ1n) is 18.9. The molecule has 0 unspecified atom stereocenters. The largest absolute Gasteiger partial charge is 0.374 e. The van der Waals surface area contributed by atoms with Gasteiger partial charge in [-0.3, -0.25) is 9.36 Å². The predicted octanol–water partition coefficient (Wildman–Crippen LogP) is 8.00. The normalized spacial score (nSPS) is 20.2. The highest BCUT2D eigenvalue weighted by molar-refractivity contribution is 6.03. The van der Waals surface area contributed by atoms with Crippen LogP contribution in [0.2, 0.25) is 0 Å². The molecule has 0 aliphatic carbocycles. The average molecular weight is 788 g/mol. The van der Waals surface area contributed by atoms with Crippen molar-refractivity contribution >= 4 is 11.7 Å². The smallest absolute Gasteiger partial charge is 0.351 e. The molecule has 0 bridgehead atoms. The van der Waals surface area contributed by atoms with Crippen LogP contribution in [-0.2, 0) is 50.1 Å². The summed E-state index contributed by atoms with van der Waals surface area (Å²) in [6.45, 7) is -0.318. The van der Waals surface area contributed by atoms with Gasteiger partial charge in [-0.1, -0.05) is 140 Å². The maximum Gasteiger partial charge on any atom is 0.351 e. The molecule has 5 atom stereocenters. The summed E-state index contributed by atoms with van der Waals surface area (Å²) in [5.41, 5.74) is 2.26. The number of nitrogens with one attached hydrogen (secondary N) is 1. The van der Waals surface area contributed by atoms with Gasteiger partial charge in [0.25, 0.3) is 5.91 Å². The molecule has 1 aliphatic rings. The van der Waals surface area contributed by atoms with Crippen molar-refractivity contribution in [1.82, 2.24) is 9.55 Å². The first kappa shape index (κ1) is 40.3. The quantitative estimate of drug-likeness (QED) is 0.105. The summed E-state index contributed by atoms with van der Waals surface area (Å²) in [6.07, 6.45) is -7.05. The fourth-order valence-electron chi connectivity index (χ4n) is 6.65. The van der Waals surface area contributed by atoms with Gasteiger partial charge < -0.3 is 29.0 Å². The maximum absolute atomic E-state index is 17.7. The number of carbonyl (C=O) groups is 1. The first-order valence-corrected chi connectivity index (χ1v) is 18.9. The Hall–Kier alpha value is -5.89. The van der Waals surface area contributed by atoms with Gasteiger partial charge >= 0.3 is 11.6 Å². The van der Waals surface area contributed by atoms with Gasteiger partial charge in [-0.15, -0.1) is 0 Å². The zero-order chi connectivity index (χ0) is 40.2. The molecule has 6 aromatic rings. The number of aromatic nitrogens is 2. The van der Waals surface area contributed by atoms with Crippen molar-refractivity contribution < 1.29 is 37.3 Å². The molecular formula is C46H43F2N3O7. The zero-order valence-electron chi connectivity index (χ0n) is 31.5. The topological polar surface area (TPSA) is 110 Å². The van der Waals surface area contributed by atoms with Gasteiger partial charge in [0.15, 0.2) is 6.10 Å². The summed E-state index contributed by atoms with van der Waals surface area (Å²) in [5.74, 6) is -4.60. The van der Waals surface area contributed by atoms with E-state index in [0.717, 1.165) is 22.9 Å². The average Bonchev–Trinajstić information content (AvgIpc) is 3.34. The Morgan fingerprint density at radius 1 is 0.638 bits per heavy atom. The summed E-state index contributed by atoms with van der Waals surface area (Å²) < 4.78 is 67.9. The molecule has 0 saturated carbocycles. The standard InChI is InChI=1S/C46H43F2N3O7/c47-46(48)42(57-31-36-22-12-4-13-23-36)41(56-30-35-20-10-3-11-21-35)40(55-29-34-18-8-2-9-19-34)38(32-54-28-33-16-6-1-7-17-33)58-44(46)51-27-26-39(50-45(51)53)49-43(52)37-24-14-5-15-25-37/h1-27,38,40-42,44H,28-32H2,(H,49,50,52,53)/t38-,40-,41+,42-,44-/m1/s1. The Kier molecular flexibility index (Phi) is 13.6. The van der Waals surface area contributed by atoms with Gasteiger partial charge in [0.1, 0.15) is 24.1 Å². The number of hydrogen-bond acceptors (Lipinski definition) is 8. The minimum absolute atomic E-state index is 0.0220. The van der Waals surface area contributed by atoms with Gasteiger partial charge in [0.2, 0.25) is 6.23 Å². The summed E-state index contributed by atoms with van der Waals surface area (Å²) in [6, 6.07) is 46.4. The van der Waals surface area contributed by atoms with Gasteiger partial charge in [-0.25, -0.2) is 4.79 Å². The van der Waals surface area contributed by atoms with E-state index in [1.807, 2.05) is 97.1 Å². The van der Waals surface area contributed by atoms with E-state index in [2.05, 4.69) is 10.3 Å². The van der Waals surface area contributed by atoms with Crippen molar-refractivity contribution in [3.05, 3.63) is 202 Å². The molecule has 10 nitrogen and oxygen atoms in total. The van der Waals surface area contributed by atoms with Gasteiger partial charge in [-0.05, 0) is 40.5 Å². The minimum atomic E-state index is -3.95.